The molecule has 0 saturated heterocycles. The van der Waals surface area contributed by atoms with Crippen LogP contribution in [0.1, 0.15) is 49.9 Å². The number of ether oxygens (including phenoxy) is 2. The van der Waals surface area contributed by atoms with Crippen LogP contribution in [0.15, 0.2) is 23.4 Å². The average Bonchev–Trinajstić information content (AvgIpc) is 3.33. The molecule has 0 saturated carbocycles. The number of carboxylic acids is 2. The third-order valence-electron chi connectivity index (χ3n) is 6.09. The van der Waals surface area contributed by atoms with Crippen LogP contribution in [0.2, 0.25) is 10.0 Å². The molecule has 0 aromatic heterocycles. The summed E-state index contributed by atoms with van der Waals surface area (Å²) in [5.41, 5.74) is -1.78. The zero-order valence-corrected chi connectivity index (χ0v) is 24.5. The van der Waals surface area contributed by atoms with E-state index < -0.39 is 66.2 Å². The van der Waals surface area contributed by atoms with Gasteiger partial charge in [-0.15, -0.1) is 0 Å². The quantitative estimate of drug-likeness (QED) is 0.193. The minimum atomic E-state index is -1.83. The molecule has 230 valence electrons. The first kappa shape index (κ1) is 34.5. The first-order valence-corrected chi connectivity index (χ1v) is 13.4. The number of hydrogen-bond acceptors (Lipinski definition) is 10. The molecule has 0 aliphatic carbocycles. The highest BCUT2D eigenvalue weighted by atomic mass is 35.5. The smallest absolute Gasteiger partial charge is 0.341 e. The van der Waals surface area contributed by atoms with Crippen molar-refractivity contribution in [1.29, 1.82) is 0 Å². The Morgan fingerprint density at radius 2 is 1.69 bits per heavy atom. The van der Waals surface area contributed by atoms with E-state index in [1.165, 1.54) is 25.3 Å². The number of hydrogen-bond donors (Lipinski definition) is 4. The monoisotopic (exact) mass is 631 g/mol. The Morgan fingerprint density at radius 1 is 1.05 bits per heavy atom. The normalized spacial score (nSPS) is 17.4. The van der Waals surface area contributed by atoms with Gasteiger partial charge in [0, 0.05) is 20.0 Å². The van der Waals surface area contributed by atoms with Crippen molar-refractivity contribution in [1.82, 2.24) is 10.6 Å². The molecule has 0 bridgehead atoms. The number of methoxy groups -OCH3 is 1. The van der Waals surface area contributed by atoms with Gasteiger partial charge in [0.25, 0.3) is 5.91 Å². The second-order valence-corrected chi connectivity index (χ2v) is 10.5. The lowest BCUT2D eigenvalue weighted by Gasteiger charge is -2.28. The highest BCUT2D eigenvalue weighted by molar-refractivity contribution is 6.39. The van der Waals surface area contributed by atoms with Crippen LogP contribution in [-0.2, 0) is 38.3 Å². The molecule has 0 radical (unpaired) electrons. The van der Waals surface area contributed by atoms with Crippen molar-refractivity contribution < 1.29 is 53.3 Å². The number of oxime groups is 1. The van der Waals surface area contributed by atoms with Crippen LogP contribution in [0.5, 0.6) is 0 Å². The number of amides is 2. The van der Waals surface area contributed by atoms with Crippen LogP contribution in [-0.4, -0.2) is 89.4 Å². The van der Waals surface area contributed by atoms with Gasteiger partial charge in [0.1, 0.15) is 6.04 Å². The van der Waals surface area contributed by atoms with Gasteiger partial charge in [0.05, 0.1) is 46.8 Å². The second kappa shape index (κ2) is 15.5. The van der Waals surface area contributed by atoms with E-state index in [9.17, 15) is 33.9 Å². The molecule has 1 heterocycles. The number of rotatable bonds is 16. The summed E-state index contributed by atoms with van der Waals surface area (Å²) in [6, 6.07) is 1.90. The molecule has 16 heteroatoms. The maximum absolute atomic E-state index is 13.4. The lowest BCUT2D eigenvalue weighted by Crippen LogP contribution is -2.56. The predicted octanol–water partition coefficient (Wildman–Crippen LogP) is 1.85. The molecule has 1 aromatic rings. The van der Waals surface area contributed by atoms with Crippen LogP contribution in [0, 0.1) is 5.92 Å². The summed E-state index contributed by atoms with van der Waals surface area (Å²) in [4.78, 5) is 78.8. The number of benzene rings is 1. The van der Waals surface area contributed by atoms with Gasteiger partial charge in [-0.1, -0.05) is 48.3 Å². The summed E-state index contributed by atoms with van der Waals surface area (Å²) < 4.78 is 10.1. The van der Waals surface area contributed by atoms with Gasteiger partial charge in [0.15, 0.2) is 12.4 Å². The molecule has 2 rings (SSSR count). The number of ketones is 1. The lowest BCUT2D eigenvalue weighted by molar-refractivity contribution is -0.153. The zero-order valence-electron chi connectivity index (χ0n) is 23.0. The van der Waals surface area contributed by atoms with Crippen LogP contribution in [0.25, 0.3) is 0 Å². The Hall–Kier alpha value is -3.75. The molecule has 3 unspecified atom stereocenters. The molecule has 14 nitrogen and oxygen atoms in total. The summed E-state index contributed by atoms with van der Waals surface area (Å²) in [5, 5.41) is 27.1. The van der Waals surface area contributed by atoms with Gasteiger partial charge in [-0.2, -0.15) is 0 Å². The Labute approximate surface area is 250 Å². The Bertz CT molecular complexity index is 1230. The summed E-state index contributed by atoms with van der Waals surface area (Å²) in [5.74, 6) is -6.28. The fourth-order valence-electron chi connectivity index (χ4n) is 3.98. The van der Waals surface area contributed by atoms with Crippen molar-refractivity contribution in [2.45, 2.75) is 57.2 Å². The first-order chi connectivity index (χ1) is 19.7. The van der Waals surface area contributed by atoms with Gasteiger partial charge in [0.2, 0.25) is 11.5 Å². The van der Waals surface area contributed by atoms with E-state index >= 15 is 0 Å². The van der Waals surface area contributed by atoms with Crippen molar-refractivity contribution >= 4 is 64.4 Å². The summed E-state index contributed by atoms with van der Waals surface area (Å²) in [6.07, 6.45) is -1.71. The van der Waals surface area contributed by atoms with Crippen molar-refractivity contribution in [3.05, 3.63) is 33.8 Å². The molecule has 1 aliphatic heterocycles. The van der Waals surface area contributed by atoms with Crippen molar-refractivity contribution in [2.24, 2.45) is 11.1 Å². The minimum Gasteiger partial charge on any atom is -0.481 e. The molecule has 42 heavy (non-hydrogen) atoms. The first-order valence-electron chi connectivity index (χ1n) is 12.6. The van der Waals surface area contributed by atoms with Crippen LogP contribution < -0.4 is 10.6 Å². The Kier molecular flexibility index (Phi) is 12.7. The van der Waals surface area contributed by atoms with E-state index in [2.05, 4.69) is 15.8 Å². The second-order valence-electron chi connectivity index (χ2n) is 9.72. The summed E-state index contributed by atoms with van der Waals surface area (Å²) >= 11 is 12.0. The SMILES string of the molecule is COCC1(C(=O)NC(CC(=O)O)C(=O)COC(=O)c2c(Cl)cccc2Cl)CC(C(NC(=O)CCC(=O)O)C(C)C)=NO1. The molecule has 4 N–H and O–H groups in total. The standard InChI is InChI=1S/C26H31Cl2N3O11/c1-13(2)23(30-19(33)7-8-20(34)35)17-10-26(12-40-3,42-31-17)25(39)29-16(9-21(36)37)18(32)11-41-24(38)22-14(27)5-4-6-15(22)28/h4-6,13,16,23H,7-12H2,1-3H3,(H,29,39)(H,30,33)(H,34,35)(H,36,37). The number of Topliss-reactive ketones (excluding diaryl/α,β-unsaturated/α-hetero) is 1. The van der Waals surface area contributed by atoms with Crippen LogP contribution in [0.4, 0.5) is 0 Å². The number of carbonyl (C=O) groups excluding carboxylic acids is 4. The third kappa shape index (κ3) is 9.39. The summed E-state index contributed by atoms with van der Waals surface area (Å²) in [7, 11) is 1.28. The highest BCUT2D eigenvalue weighted by Gasteiger charge is 2.50. The van der Waals surface area contributed by atoms with E-state index in [-0.39, 0.29) is 53.1 Å². The van der Waals surface area contributed by atoms with Crippen molar-refractivity contribution in [3.63, 3.8) is 0 Å². The fraction of sp³-hybridized carbons (Fsp3) is 0.500. The number of carbonyl (C=O) groups is 6. The van der Waals surface area contributed by atoms with E-state index in [1.54, 1.807) is 13.8 Å². The predicted molar refractivity (Wildman–Crippen MR) is 147 cm³/mol. The van der Waals surface area contributed by atoms with Gasteiger partial charge in [-0.25, -0.2) is 4.79 Å². The molecule has 0 spiro atoms. The van der Waals surface area contributed by atoms with Gasteiger partial charge in [-0.3, -0.25) is 24.0 Å². The molecular formula is C26H31Cl2N3O11. The zero-order chi connectivity index (χ0) is 31.6. The highest BCUT2D eigenvalue weighted by Crippen LogP contribution is 2.29. The Balaban J connectivity index is 2.16. The molecule has 1 aliphatic rings. The van der Waals surface area contributed by atoms with Gasteiger partial charge in [-0.05, 0) is 18.1 Å². The Morgan fingerprint density at radius 3 is 2.24 bits per heavy atom. The molecule has 2 amide bonds. The fourth-order valence-corrected chi connectivity index (χ4v) is 4.53. The number of nitrogens with one attached hydrogen (secondary N) is 2. The number of halogens is 2. The van der Waals surface area contributed by atoms with Gasteiger partial charge < -0.3 is 35.2 Å². The number of aliphatic carboxylic acids is 2. The van der Waals surface area contributed by atoms with Gasteiger partial charge >= 0.3 is 17.9 Å². The third-order valence-corrected chi connectivity index (χ3v) is 6.72. The van der Waals surface area contributed by atoms with E-state index in [1.807, 2.05) is 0 Å². The molecule has 0 fully saturated rings. The summed E-state index contributed by atoms with van der Waals surface area (Å²) in [6.45, 7) is 2.26. The average molecular weight is 632 g/mol. The van der Waals surface area contributed by atoms with E-state index in [4.69, 9.17) is 42.6 Å². The van der Waals surface area contributed by atoms with Crippen molar-refractivity contribution in [2.75, 3.05) is 20.3 Å². The maximum atomic E-state index is 13.4. The number of esters is 1. The maximum Gasteiger partial charge on any atom is 0.341 e. The molecule has 3 atom stereocenters. The molecular weight excluding hydrogens is 601 g/mol. The largest absolute Gasteiger partial charge is 0.481 e. The topological polar surface area (TPSA) is 207 Å². The van der Waals surface area contributed by atoms with Crippen LogP contribution >= 0.6 is 23.2 Å². The van der Waals surface area contributed by atoms with E-state index in [0.29, 0.717) is 0 Å². The van der Waals surface area contributed by atoms with Crippen molar-refractivity contribution in [3.8, 4) is 0 Å². The van der Waals surface area contributed by atoms with Crippen LogP contribution in [0.3, 0.4) is 0 Å². The minimum absolute atomic E-state index is 0.0243. The number of carboxylic acid groups (broad SMARTS) is 2. The van der Waals surface area contributed by atoms with E-state index in [0.717, 1.165) is 0 Å². The molecule has 1 aromatic carbocycles. The number of nitrogens with zero attached hydrogens (tertiary/aromatic N) is 1. The lowest BCUT2D eigenvalue weighted by atomic mass is 9.89.